The van der Waals surface area contributed by atoms with Gasteiger partial charge in [0.1, 0.15) is 4.21 Å². The third kappa shape index (κ3) is 7.03. The number of halogens is 1. The molecule has 154 valence electrons. The number of rotatable bonds is 9. The Labute approximate surface area is 184 Å². The molecule has 0 saturated heterocycles. The van der Waals surface area contributed by atoms with Crippen molar-refractivity contribution in [1.82, 2.24) is 14.9 Å². The van der Waals surface area contributed by atoms with E-state index in [0.717, 1.165) is 36.6 Å². The summed E-state index contributed by atoms with van der Waals surface area (Å²) in [4.78, 5) is 5.66. The molecule has 0 spiro atoms. The molecule has 0 bridgehead atoms. The van der Waals surface area contributed by atoms with E-state index in [1.807, 2.05) is 26.8 Å². The van der Waals surface area contributed by atoms with Crippen molar-refractivity contribution >= 4 is 51.3 Å². The number of hydrogen-bond donors (Lipinski definition) is 2. The summed E-state index contributed by atoms with van der Waals surface area (Å²) in [5.74, 6) is 0.828. The van der Waals surface area contributed by atoms with Crippen molar-refractivity contribution in [3.63, 3.8) is 0 Å². The van der Waals surface area contributed by atoms with Crippen LogP contribution in [0.15, 0.2) is 33.5 Å². The quantitative estimate of drug-likeness (QED) is 0.224. The van der Waals surface area contributed by atoms with Gasteiger partial charge in [-0.2, -0.15) is 4.31 Å². The highest BCUT2D eigenvalue weighted by Crippen LogP contribution is 2.25. The highest BCUT2D eigenvalue weighted by atomic mass is 127. The molecule has 0 unspecified atom stereocenters. The van der Waals surface area contributed by atoms with Crippen molar-refractivity contribution in [3.8, 4) is 0 Å². The van der Waals surface area contributed by atoms with Crippen LogP contribution in [0.1, 0.15) is 38.5 Å². The second kappa shape index (κ2) is 12.0. The fourth-order valence-electron chi connectivity index (χ4n) is 2.85. The van der Waals surface area contributed by atoms with Gasteiger partial charge in [-0.25, -0.2) is 8.42 Å². The molecule has 0 fully saturated rings. The van der Waals surface area contributed by atoms with Crippen LogP contribution < -0.4 is 10.6 Å². The molecular formula is C18H31IN4O2S2. The summed E-state index contributed by atoms with van der Waals surface area (Å²) in [6.07, 6.45) is 7.16. The summed E-state index contributed by atoms with van der Waals surface area (Å²) in [6, 6.07) is 4.03. The molecule has 0 atom stereocenters. The van der Waals surface area contributed by atoms with Gasteiger partial charge in [0.15, 0.2) is 5.96 Å². The Balaban J connectivity index is 0.00000364. The van der Waals surface area contributed by atoms with Crippen LogP contribution in [0.4, 0.5) is 0 Å². The first-order valence-electron chi connectivity index (χ1n) is 9.29. The summed E-state index contributed by atoms with van der Waals surface area (Å²) in [7, 11) is -3.36. The largest absolute Gasteiger partial charge is 0.357 e. The molecule has 1 aliphatic rings. The van der Waals surface area contributed by atoms with Crippen LogP contribution in [0.2, 0.25) is 0 Å². The van der Waals surface area contributed by atoms with E-state index in [0.29, 0.717) is 29.9 Å². The number of sulfonamides is 1. The van der Waals surface area contributed by atoms with Crippen molar-refractivity contribution in [2.75, 3.05) is 26.2 Å². The number of aliphatic imine (C=N–C) groups is 1. The lowest BCUT2D eigenvalue weighted by atomic mass is 10.2. The van der Waals surface area contributed by atoms with Crippen molar-refractivity contribution < 1.29 is 8.42 Å². The predicted octanol–water partition coefficient (Wildman–Crippen LogP) is 3.21. The molecule has 0 radical (unpaired) electrons. The number of nitrogens with zero attached hydrogens (tertiary/aromatic N) is 2. The van der Waals surface area contributed by atoms with Gasteiger partial charge in [-0.15, -0.1) is 35.3 Å². The van der Waals surface area contributed by atoms with Crippen molar-refractivity contribution in [3.05, 3.63) is 29.2 Å². The van der Waals surface area contributed by atoms with Gasteiger partial charge >= 0.3 is 0 Å². The summed E-state index contributed by atoms with van der Waals surface area (Å²) < 4.78 is 27.0. The minimum atomic E-state index is -3.36. The summed E-state index contributed by atoms with van der Waals surface area (Å²) in [5, 5.41) is 6.71. The van der Waals surface area contributed by atoms with E-state index in [-0.39, 0.29) is 24.0 Å². The maximum absolute atomic E-state index is 12.6. The molecule has 1 aromatic heterocycles. The lowest BCUT2D eigenvalue weighted by molar-refractivity contribution is 0.447. The van der Waals surface area contributed by atoms with Gasteiger partial charge in [0, 0.05) is 43.5 Å². The van der Waals surface area contributed by atoms with E-state index < -0.39 is 10.0 Å². The lowest BCUT2D eigenvalue weighted by Gasteiger charge is -2.17. The first kappa shape index (κ1) is 24.4. The van der Waals surface area contributed by atoms with Gasteiger partial charge in [0.25, 0.3) is 10.0 Å². The average Bonchev–Trinajstić information content (AvgIpc) is 3.28. The number of guanidine groups is 1. The third-order valence-corrected chi connectivity index (χ3v) is 7.92. The van der Waals surface area contributed by atoms with E-state index in [4.69, 9.17) is 0 Å². The Morgan fingerprint density at radius 1 is 1.22 bits per heavy atom. The van der Waals surface area contributed by atoms with Crippen LogP contribution >= 0.6 is 35.3 Å². The Bertz CT molecular complexity index is 719. The molecule has 1 heterocycles. The zero-order valence-corrected chi connectivity index (χ0v) is 20.2. The Hall–Kier alpha value is -0.650. The van der Waals surface area contributed by atoms with Gasteiger partial charge < -0.3 is 10.6 Å². The molecular weight excluding hydrogens is 495 g/mol. The van der Waals surface area contributed by atoms with E-state index in [1.54, 1.807) is 6.07 Å². The van der Waals surface area contributed by atoms with Gasteiger partial charge in [-0.1, -0.05) is 26.0 Å². The van der Waals surface area contributed by atoms with Crippen molar-refractivity contribution in [2.24, 2.45) is 4.99 Å². The number of hydrogen-bond acceptors (Lipinski definition) is 4. The molecule has 0 amide bonds. The maximum atomic E-state index is 12.6. The minimum Gasteiger partial charge on any atom is -0.357 e. The molecule has 0 saturated carbocycles. The zero-order chi connectivity index (χ0) is 19.0. The van der Waals surface area contributed by atoms with Crippen molar-refractivity contribution in [1.29, 1.82) is 0 Å². The van der Waals surface area contributed by atoms with Crippen LogP contribution in [0.3, 0.4) is 0 Å². The standard InChI is InChI=1S/C18H30N4O2S2.HI/c1-4-19-18(21-15-9-7-8-10-15)20-14-13-16-11-12-17(25-16)26(23,24)22(5-2)6-3;/h7-8,11-12,15H,4-6,9-10,13-14H2,1-3H3,(H2,19,20,21);1H. The monoisotopic (exact) mass is 526 g/mol. The lowest BCUT2D eigenvalue weighted by Crippen LogP contribution is -2.42. The Kier molecular flexibility index (Phi) is 10.9. The zero-order valence-electron chi connectivity index (χ0n) is 16.3. The van der Waals surface area contributed by atoms with Crippen LogP contribution in [-0.4, -0.2) is 50.9 Å². The number of nitrogens with one attached hydrogen (secondary N) is 2. The second-order valence-electron chi connectivity index (χ2n) is 6.10. The summed E-state index contributed by atoms with van der Waals surface area (Å²) in [5.41, 5.74) is 0. The fourth-order valence-corrected chi connectivity index (χ4v) is 5.81. The van der Waals surface area contributed by atoms with Gasteiger partial charge in [0.05, 0.1) is 0 Å². The first-order valence-corrected chi connectivity index (χ1v) is 11.6. The van der Waals surface area contributed by atoms with E-state index in [9.17, 15) is 8.42 Å². The maximum Gasteiger partial charge on any atom is 0.252 e. The predicted molar refractivity (Wildman–Crippen MR) is 125 cm³/mol. The van der Waals surface area contributed by atoms with Crippen LogP contribution in [0.5, 0.6) is 0 Å². The molecule has 0 aliphatic heterocycles. The Morgan fingerprint density at radius 2 is 1.89 bits per heavy atom. The van der Waals surface area contributed by atoms with E-state index in [2.05, 4.69) is 27.8 Å². The topological polar surface area (TPSA) is 73.8 Å². The Morgan fingerprint density at radius 3 is 2.48 bits per heavy atom. The smallest absolute Gasteiger partial charge is 0.252 e. The van der Waals surface area contributed by atoms with Gasteiger partial charge in [0.2, 0.25) is 0 Å². The van der Waals surface area contributed by atoms with Crippen LogP contribution in [-0.2, 0) is 16.4 Å². The van der Waals surface area contributed by atoms with Gasteiger partial charge in [-0.3, -0.25) is 4.99 Å². The highest BCUT2D eigenvalue weighted by molar-refractivity contribution is 14.0. The normalized spacial score (nSPS) is 15.2. The number of thiophene rings is 1. The van der Waals surface area contributed by atoms with Crippen LogP contribution in [0.25, 0.3) is 0 Å². The third-order valence-electron chi connectivity index (χ3n) is 4.26. The fraction of sp³-hybridized carbons (Fsp3) is 0.611. The molecule has 2 N–H and O–H groups in total. The molecule has 0 aromatic carbocycles. The SMILES string of the molecule is CCNC(=NCCc1ccc(S(=O)(=O)N(CC)CC)s1)NC1CC=CC1.I. The van der Waals surface area contributed by atoms with E-state index in [1.165, 1.54) is 15.6 Å². The molecule has 6 nitrogen and oxygen atoms in total. The molecule has 1 aromatic rings. The first-order chi connectivity index (χ1) is 12.5. The molecule has 1 aliphatic carbocycles. The van der Waals surface area contributed by atoms with E-state index >= 15 is 0 Å². The highest BCUT2D eigenvalue weighted by Gasteiger charge is 2.23. The van der Waals surface area contributed by atoms with Gasteiger partial charge in [-0.05, 0) is 31.9 Å². The molecule has 27 heavy (non-hydrogen) atoms. The van der Waals surface area contributed by atoms with Crippen LogP contribution in [0, 0.1) is 0 Å². The summed E-state index contributed by atoms with van der Waals surface area (Å²) in [6.45, 7) is 8.19. The van der Waals surface area contributed by atoms with Crippen molar-refractivity contribution in [2.45, 2.75) is 50.3 Å². The molecule has 9 heteroatoms. The summed E-state index contributed by atoms with van der Waals surface area (Å²) >= 11 is 1.35. The molecule has 2 rings (SSSR count). The average molecular weight is 527 g/mol. The minimum absolute atomic E-state index is 0. The second-order valence-corrected chi connectivity index (χ2v) is 9.44.